The molecule has 1 aromatic rings. The van der Waals surface area contributed by atoms with Crippen molar-refractivity contribution in [3.8, 4) is 0 Å². The maximum absolute atomic E-state index is 12.1. The number of rotatable bonds is 11. The van der Waals surface area contributed by atoms with Gasteiger partial charge >= 0.3 is 11.9 Å². The lowest BCUT2D eigenvalue weighted by molar-refractivity contribution is -0.150. The molecule has 182 valence electrons. The van der Waals surface area contributed by atoms with Crippen LogP contribution >= 0.6 is 11.8 Å². The number of esters is 2. The lowest BCUT2D eigenvalue weighted by atomic mass is 9.98. The number of anilines is 1. The van der Waals surface area contributed by atoms with E-state index >= 15 is 0 Å². The summed E-state index contributed by atoms with van der Waals surface area (Å²) in [5, 5.41) is 2.69. The van der Waals surface area contributed by atoms with Crippen LogP contribution in [0.2, 0.25) is 0 Å². The Balaban J connectivity index is 3.13. The van der Waals surface area contributed by atoms with E-state index in [-0.39, 0.29) is 31.0 Å². The van der Waals surface area contributed by atoms with Crippen LogP contribution in [-0.2, 0) is 35.2 Å². The summed E-state index contributed by atoms with van der Waals surface area (Å²) in [5.74, 6) is -0.578. The fourth-order valence-corrected chi connectivity index (χ4v) is 3.44. The number of pyridine rings is 1. The molecule has 0 aromatic carbocycles. The second-order valence-corrected chi connectivity index (χ2v) is 9.43. The number of aromatic nitrogens is 1. The molecule has 0 radical (unpaired) electrons. The molecule has 2 amide bonds. The number of hydrogen-bond acceptors (Lipinski definition) is 8. The van der Waals surface area contributed by atoms with Crippen LogP contribution < -0.4 is 5.32 Å². The highest BCUT2D eigenvalue weighted by atomic mass is 32.2. The normalized spacial score (nSPS) is 11.8. The Morgan fingerprint density at radius 1 is 1.15 bits per heavy atom. The van der Waals surface area contributed by atoms with Crippen molar-refractivity contribution < 1.29 is 28.7 Å². The highest BCUT2D eigenvalue weighted by Crippen LogP contribution is 2.28. The Morgan fingerprint density at radius 2 is 1.82 bits per heavy atom. The maximum atomic E-state index is 12.1. The SMILES string of the molecule is CC(=O)Nc1nc(C)ccc1CN(C=O)C(C)=C(CCOC(C)=O)SCOC(=O)C(C)(C)C. The summed E-state index contributed by atoms with van der Waals surface area (Å²) in [6, 6.07) is 3.60. The molecule has 0 aliphatic heterocycles. The third kappa shape index (κ3) is 10.1. The number of carbonyl (C=O) groups excluding carboxylic acids is 4. The molecule has 0 atom stereocenters. The average molecular weight is 480 g/mol. The molecule has 0 saturated carbocycles. The van der Waals surface area contributed by atoms with Crippen molar-refractivity contribution in [3.63, 3.8) is 0 Å². The molecule has 0 aliphatic carbocycles. The van der Waals surface area contributed by atoms with Gasteiger partial charge in [0.25, 0.3) is 0 Å². The van der Waals surface area contributed by atoms with E-state index in [4.69, 9.17) is 9.47 Å². The number of thioether (sulfide) groups is 1. The van der Waals surface area contributed by atoms with Crippen molar-refractivity contribution in [1.82, 2.24) is 9.88 Å². The van der Waals surface area contributed by atoms with Crippen molar-refractivity contribution in [2.45, 2.75) is 61.4 Å². The van der Waals surface area contributed by atoms with E-state index in [0.717, 1.165) is 10.6 Å². The lowest BCUT2D eigenvalue weighted by Crippen LogP contribution is -2.24. The third-order valence-electron chi connectivity index (χ3n) is 4.38. The zero-order valence-corrected chi connectivity index (χ0v) is 21.1. The predicted octanol–water partition coefficient (Wildman–Crippen LogP) is 3.77. The Labute approximate surface area is 199 Å². The van der Waals surface area contributed by atoms with Crippen LogP contribution in [0.1, 0.15) is 59.2 Å². The van der Waals surface area contributed by atoms with Gasteiger partial charge in [0.05, 0.1) is 18.6 Å². The largest absolute Gasteiger partial charge is 0.466 e. The van der Waals surface area contributed by atoms with E-state index in [9.17, 15) is 19.2 Å². The van der Waals surface area contributed by atoms with Crippen molar-refractivity contribution in [1.29, 1.82) is 0 Å². The molecule has 33 heavy (non-hydrogen) atoms. The molecule has 9 nitrogen and oxygen atoms in total. The molecular formula is C23H33N3O6S. The van der Waals surface area contributed by atoms with Crippen molar-refractivity contribution in [3.05, 3.63) is 34.0 Å². The van der Waals surface area contributed by atoms with Gasteiger partial charge in [-0.15, -0.1) is 0 Å². The first-order chi connectivity index (χ1) is 15.3. The van der Waals surface area contributed by atoms with E-state index in [0.29, 0.717) is 29.9 Å². The smallest absolute Gasteiger partial charge is 0.312 e. The molecule has 0 aliphatic rings. The molecule has 0 spiro atoms. The summed E-state index contributed by atoms with van der Waals surface area (Å²) >= 11 is 1.26. The Hall–Kier alpha value is -2.88. The molecule has 1 heterocycles. The Kier molecular flexibility index (Phi) is 11.1. The fraction of sp³-hybridized carbons (Fsp3) is 0.522. The van der Waals surface area contributed by atoms with E-state index in [2.05, 4.69) is 10.3 Å². The minimum absolute atomic E-state index is 0.0543. The van der Waals surface area contributed by atoms with Gasteiger partial charge in [-0.2, -0.15) is 0 Å². The van der Waals surface area contributed by atoms with E-state index < -0.39 is 11.4 Å². The van der Waals surface area contributed by atoms with Crippen molar-refractivity contribution >= 4 is 41.8 Å². The van der Waals surface area contributed by atoms with Crippen LogP contribution in [0.15, 0.2) is 22.7 Å². The minimum atomic E-state index is -0.634. The molecule has 10 heteroatoms. The van der Waals surface area contributed by atoms with Gasteiger partial charge in [0.1, 0.15) is 11.8 Å². The van der Waals surface area contributed by atoms with Gasteiger partial charge in [0.15, 0.2) is 0 Å². The van der Waals surface area contributed by atoms with E-state index in [1.54, 1.807) is 46.8 Å². The van der Waals surface area contributed by atoms with Crippen LogP contribution in [-0.4, -0.2) is 46.7 Å². The number of nitrogens with zero attached hydrogens (tertiary/aromatic N) is 2. The summed E-state index contributed by atoms with van der Waals surface area (Å²) in [7, 11) is 0. The number of nitrogens with one attached hydrogen (secondary N) is 1. The van der Waals surface area contributed by atoms with Gasteiger partial charge < -0.3 is 19.7 Å². The van der Waals surface area contributed by atoms with E-state index in [1.165, 1.54) is 30.5 Å². The van der Waals surface area contributed by atoms with E-state index in [1.807, 2.05) is 0 Å². The topological polar surface area (TPSA) is 115 Å². The summed E-state index contributed by atoms with van der Waals surface area (Å²) in [6.45, 7) is 11.8. The highest BCUT2D eigenvalue weighted by Gasteiger charge is 2.23. The van der Waals surface area contributed by atoms with Crippen molar-refractivity contribution in [2.24, 2.45) is 5.41 Å². The minimum Gasteiger partial charge on any atom is -0.466 e. The first-order valence-electron chi connectivity index (χ1n) is 10.4. The van der Waals surface area contributed by atoms with Gasteiger partial charge in [-0.1, -0.05) is 17.8 Å². The first kappa shape index (κ1) is 28.2. The molecular weight excluding hydrogens is 446 g/mol. The van der Waals surface area contributed by atoms with Crippen LogP contribution in [0.3, 0.4) is 0 Å². The van der Waals surface area contributed by atoms with Gasteiger partial charge in [-0.05, 0) is 40.7 Å². The number of amides is 2. The van der Waals surface area contributed by atoms with Crippen LogP contribution in [0, 0.1) is 12.3 Å². The lowest BCUT2D eigenvalue weighted by Gasteiger charge is -2.23. The Bertz CT molecular complexity index is 908. The van der Waals surface area contributed by atoms with Crippen molar-refractivity contribution in [2.75, 3.05) is 17.9 Å². The molecule has 0 bridgehead atoms. The number of allylic oxidation sites excluding steroid dienone is 1. The molecule has 1 N–H and O–H groups in total. The molecule has 1 rings (SSSR count). The molecule has 0 fully saturated rings. The Morgan fingerprint density at radius 3 is 2.36 bits per heavy atom. The monoisotopic (exact) mass is 479 g/mol. The fourth-order valence-electron chi connectivity index (χ4n) is 2.58. The number of carbonyl (C=O) groups is 4. The average Bonchev–Trinajstić information content (AvgIpc) is 2.70. The molecule has 0 saturated heterocycles. The molecule has 1 aromatic heterocycles. The highest BCUT2D eigenvalue weighted by molar-refractivity contribution is 8.02. The summed E-state index contributed by atoms with van der Waals surface area (Å²) in [5.41, 5.74) is 1.37. The third-order valence-corrected chi connectivity index (χ3v) is 5.47. The van der Waals surface area contributed by atoms with Gasteiger partial charge in [-0.3, -0.25) is 19.2 Å². The number of hydrogen-bond donors (Lipinski definition) is 1. The first-order valence-corrected chi connectivity index (χ1v) is 11.4. The number of ether oxygens (including phenoxy) is 2. The maximum Gasteiger partial charge on any atom is 0.312 e. The van der Waals surface area contributed by atoms with Crippen LogP contribution in [0.25, 0.3) is 0 Å². The van der Waals surface area contributed by atoms with Gasteiger partial charge in [0.2, 0.25) is 12.3 Å². The zero-order valence-electron chi connectivity index (χ0n) is 20.3. The molecule has 0 unspecified atom stereocenters. The standard InChI is InChI=1S/C23H33N3O6S/c1-15-8-9-19(21(24-15)25-17(3)28)12-26(13-27)16(2)20(10-11-31-18(4)29)33-14-32-22(30)23(5,6)7/h8-9,13H,10-12,14H2,1-7H3,(H,24,25,28). The van der Waals surface area contributed by atoms with Crippen LogP contribution in [0.4, 0.5) is 5.82 Å². The second kappa shape index (κ2) is 13.0. The quantitative estimate of drug-likeness (QED) is 0.290. The van der Waals surface area contributed by atoms with Gasteiger partial charge in [-0.25, -0.2) is 4.98 Å². The second-order valence-electron chi connectivity index (χ2n) is 8.42. The van der Waals surface area contributed by atoms with Gasteiger partial charge in [0, 0.05) is 42.1 Å². The summed E-state index contributed by atoms with van der Waals surface area (Å²) < 4.78 is 10.4. The summed E-state index contributed by atoms with van der Waals surface area (Å²) in [4.78, 5) is 53.3. The van der Waals surface area contributed by atoms with Crippen LogP contribution in [0.5, 0.6) is 0 Å². The zero-order chi connectivity index (χ0) is 25.2. The predicted molar refractivity (Wildman–Crippen MR) is 127 cm³/mol. The summed E-state index contributed by atoms with van der Waals surface area (Å²) in [6.07, 6.45) is 1.03. The number of aryl methyl sites for hydroxylation is 1.